The van der Waals surface area contributed by atoms with Gasteiger partial charge in [-0.15, -0.1) is 0 Å². The zero-order chi connectivity index (χ0) is 50.6. The molecule has 2 heterocycles. The summed E-state index contributed by atoms with van der Waals surface area (Å²) >= 11 is 13.6. The molecule has 4 aromatic carbocycles. The molecule has 0 aliphatic heterocycles. The number of aliphatic carboxylic acids is 2. The van der Waals surface area contributed by atoms with Crippen LogP contribution in [0.1, 0.15) is 69.5 Å². The predicted octanol–water partition coefficient (Wildman–Crippen LogP) is 7.98. The molecule has 18 heteroatoms. The van der Waals surface area contributed by atoms with Gasteiger partial charge in [0.1, 0.15) is 72.6 Å². The lowest BCUT2D eigenvalue weighted by Crippen LogP contribution is -2.52. The fraction of sp³-hybridized carbons (Fsp3) is 0.269. The lowest BCUT2D eigenvalue weighted by molar-refractivity contribution is -0.146. The van der Waals surface area contributed by atoms with E-state index in [1.165, 1.54) is 26.2 Å². The first kappa shape index (κ1) is 52.1. The molecule has 0 saturated carbocycles. The van der Waals surface area contributed by atoms with Crippen molar-refractivity contribution < 1.29 is 49.0 Å². The molecule has 0 saturated heterocycles. The van der Waals surface area contributed by atoms with Gasteiger partial charge in [0.2, 0.25) is 0 Å². The van der Waals surface area contributed by atoms with Gasteiger partial charge in [0, 0.05) is 72.3 Å². The molecule has 6 N–H and O–H groups in total. The first-order valence-electron chi connectivity index (χ1n) is 21.7. The number of rotatable bonds is 23. The Balaban J connectivity index is 1.22. The van der Waals surface area contributed by atoms with Gasteiger partial charge in [0.15, 0.2) is 0 Å². The van der Waals surface area contributed by atoms with Crippen molar-refractivity contribution in [2.45, 2.75) is 78.3 Å². The van der Waals surface area contributed by atoms with Gasteiger partial charge in [0.05, 0.1) is 34.4 Å². The van der Waals surface area contributed by atoms with Crippen LogP contribution in [-0.2, 0) is 49.1 Å². The van der Waals surface area contributed by atoms with Crippen LogP contribution in [0.3, 0.4) is 0 Å². The van der Waals surface area contributed by atoms with Crippen molar-refractivity contribution >= 4 is 35.1 Å². The van der Waals surface area contributed by atoms with Crippen LogP contribution in [-0.4, -0.2) is 66.6 Å². The molecule has 2 aromatic heterocycles. The Bertz CT molecular complexity index is 2780. The molecule has 6 rings (SSSR count). The molecule has 0 unspecified atom stereocenters. The summed E-state index contributed by atoms with van der Waals surface area (Å²) in [6.45, 7) is 5.66. The van der Waals surface area contributed by atoms with Gasteiger partial charge in [-0.3, -0.25) is 30.2 Å². The molecule has 0 aliphatic rings. The van der Waals surface area contributed by atoms with E-state index in [9.17, 15) is 40.5 Å². The van der Waals surface area contributed by atoms with E-state index in [0.717, 1.165) is 33.4 Å². The number of aromatic nitrogens is 2. The van der Waals surface area contributed by atoms with Crippen molar-refractivity contribution in [2.24, 2.45) is 0 Å². The SMILES string of the molecule is Cc1c(COc2cc(OCc3cncc(C#N)c3)c(CN[C@](C)(CO)C(=O)O)cc2Cl)cccc1-c1cccc(COc2cc(OCc3cncc(C#N)c3)c(CN[C@](C)(CO)C(=O)O)cc2Cl)c1C. The highest BCUT2D eigenvalue weighted by atomic mass is 35.5. The summed E-state index contributed by atoms with van der Waals surface area (Å²) < 4.78 is 25.0. The largest absolute Gasteiger partial charge is 0.488 e. The van der Waals surface area contributed by atoms with Gasteiger partial charge in [-0.2, -0.15) is 10.5 Å². The average molecular weight is 990 g/mol. The maximum absolute atomic E-state index is 11.9. The molecular weight excluding hydrogens is 940 g/mol. The second kappa shape index (κ2) is 23.3. The topological polar surface area (TPSA) is 249 Å². The molecule has 0 radical (unpaired) electrons. The third-order valence-electron chi connectivity index (χ3n) is 11.7. The minimum Gasteiger partial charge on any atom is -0.488 e. The van der Waals surface area contributed by atoms with Gasteiger partial charge in [0.25, 0.3) is 0 Å². The van der Waals surface area contributed by atoms with E-state index in [0.29, 0.717) is 56.4 Å². The summed E-state index contributed by atoms with van der Waals surface area (Å²) in [5, 5.41) is 64.0. The van der Waals surface area contributed by atoms with Crippen LogP contribution in [0.25, 0.3) is 11.1 Å². The fourth-order valence-corrected chi connectivity index (χ4v) is 7.53. The van der Waals surface area contributed by atoms with Gasteiger partial charge < -0.3 is 39.4 Å². The van der Waals surface area contributed by atoms with Crippen molar-refractivity contribution in [1.29, 1.82) is 10.5 Å². The lowest BCUT2D eigenvalue weighted by atomic mass is 9.92. The van der Waals surface area contributed by atoms with E-state index in [1.54, 1.807) is 48.8 Å². The quantitative estimate of drug-likeness (QED) is 0.0356. The van der Waals surface area contributed by atoms with Crippen LogP contribution in [0.2, 0.25) is 10.0 Å². The molecule has 362 valence electrons. The van der Waals surface area contributed by atoms with E-state index in [1.807, 2.05) is 50.2 Å². The summed E-state index contributed by atoms with van der Waals surface area (Å²) in [4.78, 5) is 32.0. The summed E-state index contributed by atoms with van der Waals surface area (Å²) in [7, 11) is 0. The first-order valence-corrected chi connectivity index (χ1v) is 22.5. The number of nitriles is 2. The molecule has 0 spiro atoms. The van der Waals surface area contributed by atoms with Crippen molar-refractivity contribution in [2.75, 3.05) is 13.2 Å². The summed E-state index contributed by atoms with van der Waals surface area (Å²) in [5.41, 5.74) is 5.24. The minimum absolute atomic E-state index is 0.0212. The number of pyridine rings is 2. The Kier molecular flexibility index (Phi) is 17.4. The monoisotopic (exact) mass is 988 g/mol. The van der Waals surface area contributed by atoms with Crippen LogP contribution >= 0.6 is 23.2 Å². The zero-order valence-electron chi connectivity index (χ0n) is 38.7. The molecule has 70 heavy (non-hydrogen) atoms. The second-order valence-corrected chi connectivity index (χ2v) is 17.6. The number of aliphatic hydroxyl groups excluding tert-OH is 2. The Hall–Kier alpha value is -7.28. The number of carbonyl (C=O) groups is 2. The third-order valence-corrected chi connectivity index (χ3v) is 12.3. The van der Waals surface area contributed by atoms with Crippen molar-refractivity contribution in [3.05, 3.63) is 163 Å². The number of carboxylic acids is 2. The standard InChI is InChI=1S/C52H50Cl2N6O10/c1-31-37(27-69-47-15-45(67-25-35-11-33(17-55)19-57-21-35)39(13-43(47)53)23-59-51(3,29-61)49(63)64)7-5-9-41(31)42-10-6-8-38(32(42)2)28-70-48-16-46(68-26-36-12-34(18-56)20-58-22-36)40(14-44(48)54)24-60-52(4,30-62)50(65)66/h5-16,19-22,59-62H,23-30H2,1-4H3,(H,63,64)(H,65,66)/t51-,52-/m1/s1. The predicted molar refractivity (Wildman–Crippen MR) is 259 cm³/mol. The van der Waals surface area contributed by atoms with E-state index >= 15 is 0 Å². The lowest BCUT2D eigenvalue weighted by Gasteiger charge is -2.25. The maximum Gasteiger partial charge on any atom is 0.326 e. The van der Waals surface area contributed by atoms with Crippen LogP contribution in [0, 0.1) is 36.5 Å². The smallest absolute Gasteiger partial charge is 0.326 e. The number of hydrogen-bond donors (Lipinski definition) is 6. The van der Waals surface area contributed by atoms with Crippen molar-refractivity contribution in [3.63, 3.8) is 0 Å². The van der Waals surface area contributed by atoms with Crippen LogP contribution in [0.15, 0.2) is 97.6 Å². The van der Waals surface area contributed by atoms with E-state index in [-0.39, 0.29) is 49.6 Å². The average Bonchev–Trinajstić information content (AvgIpc) is 3.36. The Morgan fingerprint density at radius 1 is 0.586 bits per heavy atom. The maximum atomic E-state index is 11.9. The molecule has 16 nitrogen and oxygen atoms in total. The first-order chi connectivity index (χ1) is 33.5. The number of hydrogen-bond acceptors (Lipinski definition) is 14. The Morgan fingerprint density at radius 3 is 1.33 bits per heavy atom. The number of halogens is 2. The fourth-order valence-electron chi connectivity index (χ4n) is 7.05. The molecule has 0 aliphatic carbocycles. The number of nitrogens with one attached hydrogen (secondary N) is 2. The van der Waals surface area contributed by atoms with Crippen LogP contribution in [0.4, 0.5) is 0 Å². The highest BCUT2D eigenvalue weighted by Crippen LogP contribution is 2.38. The number of benzene rings is 4. The van der Waals surface area contributed by atoms with Crippen molar-refractivity contribution in [3.8, 4) is 46.3 Å². The minimum atomic E-state index is -1.64. The van der Waals surface area contributed by atoms with Crippen LogP contribution < -0.4 is 29.6 Å². The van der Waals surface area contributed by atoms with Gasteiger partial charge in [-0.25, -0.2) is 0 Å². The van der Waals surface area contributed by atoms with Gasteiger partial charge >= 0.3 is 11.9 Å². The summed E-state index contributed by atoms with van der Waals surface area (Å²) in [5.74, 6) is -1.20. The summed E-state index contributed by atoms with van der Waals surface area (Å²) in [6, 6.07) is 25.7. The molecule has 0 fully saturated rings. The molecular formula is C52H50Cl2N6O10. The third kappa shape index (κ3) is 12.7. The molecule has 0 bridgehead atoms. The number of nitrogens with zero attached hydrogens (tertiary/aromatic N) is 4. The number of ether oxygens (including phenoxy) is 4. The van der Waals surface area contributed by atoms with Crippen molar-refractivity contribution in [1.82, 2.24) is 20.6 Å². The molecule has 0 amide bonds. The number of aliphatic hydroxyl groups is 2. The summed E-state index contributed by atoms with van der Waals surface area (Å²) in [6.07, 6.45) is 6.02. The van der Waals surface area contributed by atoms with E-state index in [4.69, 9.17) is 42.1 Å². The normalized spacial score (nSPS) is 12.7. The zero-order valence-corrected chi connectivity index (χ0v) is 40.2. The van der Waals surface area contributed by atoms with E-state index < -0.39 is 36.2 Å². The van der Waals surface area contributed by atoms with Gasteiger partial charge in [-0.1, -0.05) is 59.6 Å². The number of carboxylic acid groups (broad SMARTS) is 2. The highest BCUT2D eigenvalue weighted by Gasteiger charge is 2.33. The molecule has 2 atom stereocenters. The van der Waals surface area contributed by atoms with E-state index in [2.05, 4.69) is 32.7 Å². The highest BCUT2D eigenvalue weighted by molar-refractivity contribution is 6.32. The molecule has 6 aromatic rings. The Labute approximate surface area is 414 Å². The second-order valence-electron chi connectivity index (χ2n) is 16.8. The Morgan fingerprint density at radius 2 is 0.971 bits per heavy atom. The van der Waals surface area contributed by atoms with Gasteiger partial charge in [-0.05, 0) is 85.3 Å². The van der Waals surface area contributed by atoms with Crippen LogP contribution in [0.5, 0.6) is 23.0 Å².